The van der Waals surface area contributed by atoms with Crippen molar-refractivity contribution in [1.29, 1.82) is 0 Å². The highest BCUT2D eigenvalue weighted by Crippen LogP contribution is 2.64. The van der Waals surface area contributed by atoms with Crippen LogP contribution in [0.3, 0.4) is 0 Å². The number of nitrogens with zero attached hydrogens (tertiary/aromatic N) is 2. The summed E-state index contributed by atoms with van der Waals surface area (Å²) >= 11 is 0. The van der Waals surface area contributed by atoms with Gasteiger partial charge in [-0.05, 0) is 37.7 Å². The number of amides is 3. The molecular weight excluding hydrogens is 512 g/mol. The first-order valence-electron chi connectivity index (χ1n) is 14.9. The van der Waals surface area contributed by atoms with Gasteiger partial charge in [-0.15, -0.1) is 0 Å². The van der Waals surface area contributed by atoms with E-state index in [0.717, 1.165) is 25.1 Å². The highest BCUT2D eigenvalue weighted by molar-refractivity contribution is 5.99. The average Bonchev–Trinajstić information content (AvgIpc) is 3.59. The second-order valence-electron chi connectivity index (χ2n) is 11.6. The number of morpholine rings is 1. The summed E-state index contributed by atoms with van der Waals surface area (Å²) in [5.74, 6) is -2.17. The molecule has 3 amide bonds. The van der Waals surface area contributed by atoms with Crippen LogP contribution in [-0.4, -0.2) is 108 Å². The van der Waals surface area contributed by atoms with Gasteiger partial charge in [0.1, 0.15) is 11.6 Å². The third kappa shape index (κ3) is 5.04. The van der Waals surface area contributed by atoms with Crippen molar-refractivity contribution in [2.24, 2.45) is 11.8 Å². The van der Waals surface area contributed by atoms with Gasteiger partial charge < -0.3 is 30.1 Å². The number of hydrogen-bond acceptors (Lipinski definition) is 7. The maximum Gasteiger partial charge on any atom is 0.245 e. The minimum Gasteiger partial charge on any atom is -0.394 e. The Morgan fingerprint density at radius 1 is 1.07 bits per heavy atom. The smallest absolute Gasteiger partial charge is 0.245 e. The minimum atomic E-state index is -1.10. The van der Waals surface area contributed by atoms with Crippen LogP contribution in [0.5, 0.6) is 0 Å². The third-order valence-electron chi connectivity index (χ3n) is 9.45. The Bertz CT molecular complexity index is 1070. The summed E-state index contributed by atoms with van der Waals surface area (Å²) in [6.07, 6.45) is 2.91. The van der Waals surface area contributed by atoms with E-state index in [0.29, 0.717) is 58.5 Å². The molecule has 10 heteroatoms. The number of aliphatic hydroxyl groups excluding tert-OH is 1. The van der Waals surface area contributed by atoms with Gasteiger partial charge in [0.2, 0.25) is 17.7 Å². The van der Waals surface area contributed by atoms with Crippen LogP contribution in [0.15, 0.2) is 30.3 Å². The molecule has 4 saturated heterocycles. The number of rotatable bonds is 12. The van der Waals surface area contributed by atoms with Gasteiger partial charge in [-0.1, -0.05) is 44.2 Å². The van der Waals surface area contributed by atoms with Gasteiger partial charge in [0, 0.05) is 32.7 Å². The van der Waals surface area contributed by atoms with Crippen LogP contribution in [0, 0.1) is 11.8 Å². The maximum atomic E-state index is 14.4. The molecule has 4 aliphatic heterocycles. The van der Waals surface area contributed by atoms with E-state index >= 15 is 0 Å². The van der Waals surface area contributed by atoms with Crippen molar-refractivity contribution >= 4 is 17.7 Å². The molecule has 5 rings (SSSR count). The van der Waals surface area contributed by atoms with Crippen LogP contribution < -0.4 is 10.6 Å². The molecule has 2 bridgehead atoms. The normalized spacial score (nSPS) is 32.2. The number of ether oxygens (including phenoxy) is 2. The summed E-state index contributed by atoms with van der Waals surface area (Å²) in [7, 11) is 0. The lowest BCUT2D eigenvalue weighted by atomic mass is 9.65. The Kier molecular flexibility index (Phi) is 8.80. The van der Waals surface area contributed by atoms with Gasteiger partial charge in [-0.25, -0.2) is 0 Å². The summed E-state index contributed by atoms with van der Waals surface area (Å²) in [5.41, 5.74) is -0.915. The first-order chi connectivity index (χ1) is 19.4. The van der Waals surface area contributed by atoms with E-state index in [2.05, 4.69) is 15.5 Å². The first-order valence-corrected chi connectivity index (χ1v) is 14.9. The fourth-order valence-electron chi connectivity index (χ4n) is 7.50. The van der Waals surface area contributed by atoms with Crippen LogP contribution in [-0.2, 0) is 30.3 Å². The standard InChI is InChI=1S/C30H44N4O6/c1-3-12-31-26(36)23-24-28(38)34(22(20-35)19-21-8-6-5-7-9-21)25(30(24)11-10-29(23,4-2)40-30)27(37)32-13-14-33-15-17-39-18-16-33/h5-9,22-25,35H,3-4,10-20H2,1-2H3,(H,31,36)(H,32,37)/t22-,23-,24+,25?,29+,30?/m1/s1. The molecule has 10 nitrogen and oxygen atoms in total. The van der Waals surface area contributed by atoms with Crippen molar-refractivity contribution < 1.29 is 29.0 Å². The summed E-state index contributed by atoms with van der Waals surface area (Å²) in [4.78, 5) is 45.9. The summed E-state index contributed by atoms with van der Waals surface area (Å²) in [5, 5.41) is 16.7. The quantitative estimate of drug-likeness (QED) is 0.347. The molecule has 4 fully saturated rings. The number of benzene rings is 1. The zero-order valence-electron chi connectivity index (χ0n) is 23.8. The summed E-state index contributed by atoms with van der Waals surface area (Å²) in [6.45, 7) is 8.30. The van der Waals surface area contributed by atoms with Gasteiger partial charge >= 0.3 is 0 Å². The molecule has 0 aliphatic carbocycles. The molecule has 0 aromatic heterocycles. The lowest BCUT2D eigenvalue weighted by Gasteiger charge is -2.37. The summed E-state index contributed by atoms with van der Waals surface area (Å²) < 4.78 is 12.2. The summed E-state index contributed by atoms with van der Waals surface area (Å²) in [6, 6.07) is 8.12. The second kappa shape index (κ2) is 12.1. The van der Waals surface area contributed by atoms with E-state index in [1.807, 2.05) is 44.2 Å². The van der Waals surface area contributed by atoms with Crippen molar-refractivity contribution in [3.63, 3.8) is 0 Å². The largest absolute Gasteiger partial charge is 0.394 e. The Balaban J connectivity index is 1.46. The maximum absolute atomic E-state index is 14.4. The number of carbonyl (C=O) groups excluding carboxylic acids is 3. The fraction of sp³-hybridized carbons (Fsp3) is 0.700. The third-order valence-corrected chi connectivity index (χ3v) is 9.45. The van der Waals surface area contributed by atoms with E-state index in [9.17, 15) is 19.5 Å². The van der Waals surface area contributed by atoms with Crippen LogP contribution in [0.4, 0.5) is 0 Å². The molecule has 2 unspecified atom stereocenters. The molecule has 40 heavy (non-hydrogen) atoms. The Morgan fingerprint density at radius 3 is 2.48 bits per heavy atom. The molecule has 1 aromatic carbocycles. The monoisotopic (exact) mass is 556 g/mol. The van der Waals surface area contributed by atoms with Crippen LogP contribution in [0.2, 0.25) is 0 Å². The van der Waals surface area contributed by atoms with Crippen LogP contribution >= 0.6 is 0 Å². The van der Waals surface area contributed by atoms with E-state index in [1.54, 1.807) is 4.90 Å². The Labute approximate surface area is 236 Å². The number of likely N-dealkylation sites (tertiary alicyclic amines) is 1. The average molecular weight is 557 g/mol. The lowest BCUT2D eigenvalue weighted by Crippen LogP contribution is -2.59. The van der Waals surface area contributed by atoms with Crippen molar-refractivity contribution in [2.75, 3.05) is 52.5 Å². The van der Waals surface area contributed by atoms with E-state index in [1.165, 1.54) is 0 Å². The van der Waals surface area contributed by atoms with Crippen molar-refractivity contribution in [3.8, 4) is 0 Å². The Morgan fingerprint density at radius 2 is 1.80 bits per heavy atom. The number of carbonyl (C=O) groups is 3. The first kappa shape index (κ1) is 29.0. The van der Waals surface area contributed by atoms with Gasteiger partial charge in [-0.3, -0.25) is 19.3 Å². The van der Waals surface area contributed by atoms with Gasteiger partial charge in [0.05, 0.1) is 43.3 Å². The highest BCUT2D eigenvalue weighted by Gasteiger charge is 2.79. The number of nitrogens with one attached hydrogen (secondary N) is 2. The number of fused-ring (bicyclic) bond motifs is 1. The number of aliphatic hydroxyl groups is 1. The Hall–Kier alpha value is -2.53. The SMILES string of the molecule is CCCNC(=O)[C@H]1[C@H]2C(=O)N([C@@H](CO)Cc3ccccc3)C(C(=O)NCCN3CCOCC3)C23CC[C@]1(CC)O3. The van der Waals surface area contributed by atoms with Crippen molar-refractivity contribution in [2.45, 2.75) is 69.2 Å². The van der Waals surface area contributed by atoms with Gasteiger partial charge in [0.25, 0.3) is 0 Å². The second-order valence-corrected chi connectivity index (χ2v) is 11.6. The van der Waals surface area contributed by atoms with E-state index in [4.69, 9.17) is 9.47 Å². The highest BCUT2D eigenvalue weighted by atomic mass is 16.5. The van der Waals surface area contributed by atoms with E-state index < -0.39 is 35.1 Å². The van der Waals surface area contributed by atoms with Gasteiger partial charge in [-0.2, -0.15) is 0 Å². The van der Waals surface area contributed by atoms with Crippen LogP contribution in [0.1, 0.15) is 45.1 Å². The van der Waals surface area contributed by atoms with Crippen molar-refractivity contribution in [3.05, 3.63) is 35.9 Å². The molecule has 0 saturated carbocycles. The van der Waals surface area contributed by atoms with E-state index in [-0.39, 0.29) is 24.3 Å². The zero-order chi connectivity index (χ0) is 28.3. The molecule has 4 heterocycles. The molecule has 1 spiro atoms. The predicted molar refractivity (Wildman–Crippen MR) is 148 cm³/mol. The fourth-order valence-corrected chi connectivity index (χ4v) is 7.50. The molecule has 4 aliphatic rings. The van der Waals surface area contributed by atoms with Crippen molar-refractivity contribution in [1.82, 2.24) is 20.4 Å². The zero-order valence-corrected chi connectivity index (χ0v) is 23.8. The molecule has 6 atom stereocenters. The molecule has 0 radical (unpaired) electrons. The lowest BCUT2D eigenvalue weighted by molar-refractivity contribution is -0.151. The van der Waals surface area contributed by atoms with Gasteiger partial charge in [0.15, 0.2) is 0 Å². The molecule has 220 valence electrons. The topological polar surface area (TPSA) is 120 Å². The van der Waals surface area contributed by atoms with Crippen LogP contribution in [0.25, 0.3) is 0 Å². The number of hydrogen-bond donors (Lipinski definition) is 3. The minimum absolute atomic E-state index is 0.180. The molecule has 1 aromatic rings. The molecular formula is C30H44N4O6. The predicted octanol–water partition coefficient (Wildman–Crippen LogP) is 0.719. The molecule has 3 N–H and O–H groups in total.